The number of rotatable bonds is 8. The molecule has 3 aromatic rings. The van der Waals surface area contributed by atoms with Crippen LogP contribution in [0.2, 0.25) is 0 Å². The van der Waals surface area contributed by atoms with Crippen LogP contribution in [0.4, 0.5) is 5.82 Å². The van der Waals surface area contributed by atoms with Crippen LogP contribution in [-0.2, 0) is 27.3 Å². The number of piperazine rings is 1. The first-order chi connectivity index (χ1) is 18.5. The Morgan fingerprint density at radius 2 is 1.92 bits per heavy atom. The predicted octanol–water partition coefficient (Wildman–Crippen LogP) is 2.13. The summed E-state index contributed by atoms with van der Waals surface area (Å²) < 4.78 is 7.17. The van der Waals surface area contributed by atoms with E-state index in [4.69, 9.17) is 4.74 Å². The predicted molar refractivity (Wildman–Crippen MR) is 145 cm³/mol. The monoisotopic (exact) mass is 517 g/mol. The number of carbonyl (C=O) groups is 2. The highest BCUT2D eigenvalue weighted by atomic mass is 16.5. The Hall–Kier alpha value is -3.76. The van der Waals surface area contributed by atoms with Crippen LogP contribution in [0.1, 0.15) is 29.7 Å². The molecule has 1 aromatic carbocycles. The zero-order valence-electron chi connectivity index (χ0n) is 22.0. The summed E-state index contributed by atoms with van der Waals surface area (Å²) in [5, 5.41) is 7.91. The molecule has 0 radical (unpaired) electrons. The van der Waals surface area contributed by atoms with Gasteiger partial charge in [-0.15, -0.1) is 0 Å². The highest BCUT2D eigenvalue weighted by molar-refractivity contribution is 5.88. The van der Waals surface area contributed by atoms with E-state index in [2.05, 4.69) is 32.2 Å². The van der Waals surface area contributed by atoms with Crippen molar-refractivity contribution in [3.05, 3.63) is 71.7 Å². The average Bonchev–Trinajstić information content (AvgIpc) is 3.31. The summed E-state index contributed by atoms with van der Waals surface area (Å²) in [6, 6.07) is 9.58. The van der Waals surface area contributed by atoms with Crippen molar-refractivity contribution in [1.82, 2.24) is 29.3 Å². The number of likely N-dealkylation sites (N-methyl/N-ethyl adjacent to an activating group) is 1. The molecule has 2 aliphatic heterocycles. The maximum atomic E-state index is 12.9. The molecule has 10 nitrogen and oxygen atoms in total. The number of benzene rings is 1. The first-order valence-electron chi connectivity index (χ1n) is 13.1. The van der Waals surface area contributed by atoms with Crippen LogP contribution in [0.5, 0.6) is 0 Å². The van der Waals surface area contributed by atoms with E-state index in [1.807, 2.05) is 52.0 Å². The largest absolute Gasteiger partial charge is 0.463 e. The number of carbonyl (C=O) groups excluding carboxylic acids is 2. The molecule has 1 saturated heterocycles. The molecule has 1 unspecified atom stereocenters. The lowest BCUT2D eigenvalue weighted by atomic mass is 10.0. The fraction of sp³-hybridized carbons (Fsp3) is 0.429. The molecular formula is C28H35N7O3. The van der Waals surface area contributed by atoms with Crippen molar-refractivity contribution in [2.24, 2.45) is 0 Å². The van der Waals surface area contributed by atoms with Crippen molar-refractivity contribution in [2.75, 3.05) is 58.2 Å². The van der Waals surface area contributed by atoms with Gasteiger partial charge in [0, 0.05) is 65.0 Å². The van der Waals surface area contributed by atoms with Crippen molar-refractivity contribution in [3.63, 3.8) is 0 Å². The Kier molecular flexibility index (Phi) is 8.00. The number of anilines is 1. The van der Waals surface area contributed by atoms with Crippen LogP contribution in [-0.4, -0.2) is 94.1 Å². The standard InChI is InChI=1S/C28H35N7O3/c1-21(36)38-19-25(22-7-4-3-5-8-22)31-28-27-24-10-12-34(17-23(24)18-35(27)30-20-29-28)26(37)9-6-11-33-15-13-32(2)14-16-33/h3-9,18,20,25H,10-17,19H2,1-2H3,(H,29,30,31). The molecule has 0 aliphatic carbocycles. The van der Waals surface area contributed by atoms with E-state index in [0.717, 1.165) is 54.9 Å². The Balaban J connectivity index is 1.30. The van der Waals surface area contributed by atoms with Crippen LogP contribution < -0.4 is 5.32 Å². The average molecular weight is 518 g/mol. The number of ether oxygens (including phenoxy) is 1. The highest BCUT2D eigenvalue weighted by Crippen LogP contribution is 2.30. The second-order valence-electron chi connectivity index (χ2n) is 9.96. The molecule has 5 rings (SSSR count). The summed E-state index contributed by atoms with van der Waals surface area (Å²) in [6.45, 7) is 7.74. The molecule has 1 fully saturated rings. The molecule has 2 aromatic heterocycles. The third-order valence-electron chi connectivity index (χ3n) is 7.26. The minimum absolute atomic E-state index is 0.0370. The van der Waals surface area contributed by atoms with Gasteiger partial charge in [0.05, 0.1) is 6.04 Å². The Labute approximate surface area is 222 Å². The fourth-order valence-electron chi connectivity index (χ4n) is 5.07. The quantitative estimate of drug-likeness (QED) is 0.359. The number of fused-ring (bicyclic) bond motifs is 3. The number of esters is 1. The molecule has 10 heteroatoms. The molecule has 0 bridgehead atoms. The zero-order chi connectivity index (χ0) is 26.5. The van der Waals surface area contributed by atoms with Crippen LogP contribution in [0.15, 0.2) is 55.0 Å². The number of nitrogens with zero attached hydrogens (tertiary/aromatic N) is 6. The highest BCUT2D eigenvalue weighted by Gasteiger charge is 2.26. The molecule has 4 heterocycles. The third-order valence-corrected chi connectivity index (χ3v) is 7.26. The molecule has 200 valence electrons. The summed E-state index contributed by atoms with van der Waals surface area (Å²) in [6.07, 6.45) is 7.91. The van der Waals surface area contributed by atoms with E-state index in [9.17, 15) is 9.59 Å². The van der Waals surface area contributed by atoms with Crippen molar-refractivity contribution < 1.29 is 14.3 Å². The fourth-order valence-corrected chi connectivity index (χ4v) is 5.07. The topological polar surface area (TPSA) is 95.3 Å². The Morgan fingerprint density at radius 1 is 1.13 bits per heavy atom. The summed E-state index contributed by atoms with van der Waals surface area (Å²) in [5.41, 5.74) is 4.09. The van der Waals surface area contributed by atoms with Gasteiger partial charge in [-0.05, 0) is 30.2 Å². The van der Waals surface area contributed by atoms with Crippen LogP contribution in [0.3, 0.4) is 0 Å². The number of hydrogen-bond acceptors (Lipinski definition) is 8. The van der Waals surface area contributed by atoms with E-state index in [1.165, 1.54) is 13.3 Å². The van der Waals surface area contributed by atoms with Crippen LogP contribution >= 0.6 is 0 Å². The maximum Gasteiger partial charge on any atom is 0.302 e. The van der Waals surface area contributed by atoms with Crippen LogP contribution in [0, 0.1) is 0 Å². The smallest absolute Gasteiger partial charge is 0.302 e. The minimum atomic E-state index is -0.331. The SMILES string of the molecule is CC(=O)OCC(Nc1ncnn2cc3c(c12)CCN(C(=O)C=CCN1CCN(C)CC1)C3)c1ccccc1. The summed E-state index contributed by atoms with van der Waals surface area (Å²) >= 11 is 0. The van der Waals surface area contributed by atoms with Gasteiger partial charge in [-0.25, -0.2) is 9.50 Å². The van der Waals surface area contributed by atoms with Gasteiger partial charge in [-0.2, -0.15) is 5.10 Å². The lowest BCUT2D eigenvalue weighted by Crippen LogP contribution is -2.44. The third kappa shape index (κ3) is 6.03. The molecule has 1 N–H and O–H groups in total. The first-order valence-corrected chi connectivity index (χ1v) is 13.1. The number of aromatic nitrogens is 3. The molecule has 0 saturated carbocycles. The summed E-state index contributed by atoms with van der Waals surface area (Å²) in [5.74, 6) is 0.382. The van der Waals surface area contributed by atoms with E-state index < -0.39 is 0 Å². The number of amides is 1. The minimum Gasteiger partial charge on any atom is -0.463 e. The van der Waals surface area contributed by atoms with Gasteiger partial charge in [-0.3, -0.25) is 14.5 Å². The molecule has 1 atom stereocenters. The lowest BCUT2D eigenvalue weighted by Gasteiger charge is -2.31. The van der Waals surface area contributed by atoms with Crippen molar-refractivity contribution in [2.45, 2.75) is 25.9 Å². The maximum absolute atomic E-state index is 12.9. The first kappa shape index (κ1) is 25.9. The summed E-state index contributed by atoms with van der Waals surface area (Å²) in [4.78, 5) is 35.6. The normalized spacial score (nSPS) is 17.5. The number of hydrogen-bond donors (Lipinski definition) is 1. The van der Waals surface area contributed by atoms with E-state index in [1.54, 1.807) is 6.08 Å². The van der Waals surface area contributed by atoms with E-state index in [0.29, 0.717) is 25.3 Å². The van der Waals surface area contributed by atoms with Crippen molar-refractivity contribution in [1.29, 1.82) is 0 Å². The van der Waals surface area contributed by atoms with Gasteiger partial charge in [-0.1, -0.05) is 36.4 Å². The van der Waals surface area contributed by atoms with Gasteiger partial charge in [0.25, 0.3) is 0 Å². The van der Waals surface area contributed by atoms with Crippen molar-refractivity contribution in [3.8, 4) is 0 Å². The van der Waals surface area contributed by atoms with Crippen LogP contribution in [0.25, 0.3) is 5.52 Å². The van der Waals surface area contributed by atoms with Crippen molar-refractivity contribution >= 4 is 23.2 Å². The lowest BCUT2D eigenvalue weighted by molar-refractivity contribution is -0.141. The Bertz CT molecular complexity index is 1300. The van der Waals surface area contributed by atoms with Gasteiger partial charge >= 0.3 is 5.97 Å². The summed E-state index contributed by atoms with van der Waals surface area (Å²) in [7, 11) is 2.14. The second-order valence-corrected chi connectivity index (χ2v) is 9.96. The molecule has 2 aliphatic rings. The number of nitrogens with one attached hydrogen (secondary N) is 1. The molecule has 38 heavy (non-hydrogen) atoms. The Morgan fingerprint density at radius 3 is 2.68 bits per heavy atom. The molecule has 0 spiro atoms. The van der Waals surface area contributed by atoms with Gasteiger partial charge in [0.2, 0.25) is 5.91 Å². The zero-order valence-corrected chi connectivity index (χ0v) is 22.0. The van der Waals surface area contributed by atoms with Gasteiger partial charge in [0.15, 0.2) is 5.82 Å². The van der Waals surface area contributed by atoms with Gasteiger partial charge < -0.3 is 19.9 Å². The van der Waals surface area contributed by atoms with E-state index in [-0.39, 0.29) is 24.5 Å². The van der Waals surface area contributed by atoms with Gasteiger partial charge in [0.1, 0.15) is 18.5 Å². The molecular weight excluding hydrogens is 482 g/mol. The second kappa shape index (κ2) is 11.7. The molecule has 1 amide bonds. The van der Waals surface area contributed by atoms with E-state index >= 15 is 0 Å².